The minimum absolute atomic E-state index is 0.320. The molecule has 2 fully saturated rings. The van der Waals surface area contributed by atoms with Crippen LogP contribution in [0.15, 0.2) is 0 Å². The Morgan fingerprint density at radius 1 is 1.24 bits per heavy atom. The Bertz CT molecular complexity index is 344. The van der Waals surface area contributed by atoms with Crippen LogP contribution in [0.2, 0.25) is 0 Å². The van der Waals surface area contributed by atoms with Crippen molar-refractivity contribution in [2.45, 2.75) is 57.5 Å². The maximum Gasteiger partial charge on any atom is 0.237 e. The van der Waals surface area contributed by atoms with Crippen molar-refractivity contribution in [3.63, 3.8) is 0 Å². The second-order valence-corrected chi connectivity index (χ2v) is 7.32. The van der Waals surface area contributed by atoms with Gasteiger partial charge in [0.2, 0.25) is 5.91 Å². The molecule has 0 radical (unpaired) electrons. The molecule has 2 unspecified atom stereocenters. The van der Waals surface area contributed by atoms with Crippen LogP contribution in [0, 0.1) is 5.92 Å². The van der Waals surface area contributed by atoms with Crippen LogP contribution in [-0.4, -0.2) is 60.0 Å². The van der Waals surface area contributed by atoms with Gasteiger partial charge in [0.25, 0.3) is 0 Å². The zero-order valence-electron chi connectivity index (χ0n) is 13.7. The number of nitrogens with two attached hydrogens (primary N) is 2. The summed E-state index contributed by atoms with van der Waals surface area (Å²) in [6.45, 7) is 10.0. The Kier molecular flexibility index (Phi) is 5.63. The van der Waals surface area contributed by atoms with Gasteiger partial charge in [0.15, 0.2) is 0 Å². The van der Waals surface area contributed by atoms with Crippen LogP contribution in [0.3, 0.4) is 0 Å². The number of piperidine rings is 1. The van der Waals surface area contributed by atoms with E-state index in [1.165, 1.54) is 45.3 Å². The number of nitrogens with zero attached hydrogens (tertiary/aromatic N) is 2. The Morgan fingerprint density at radius 3 is 2.33 bits per heavy atom. The zero-order valence-corrected chi connectivity index (χ0v) is 13.7. The van der Waals surface area contributed by atoms with Crippen molar-refractivity contribution in [3.8, 4) is 0 Å². The van der Waals surface area contributed by atoms with Crippen LogP contribution in [0.25, 0.3) is 0 Å². The molecule has 2 aliphatic rings. The largest absolute Gasteiger partial charge is 0.368 e. The second kappa shape index (κ2) is 7.07. The fraction of sp³-hybridized carbons (Fsp3) is 0.938. The monoisotopic (exact) mass is 296 g/mol. The number of carbonyl (C=O) groups excluding carboxylic acids is 1. The minimum Gasteiger partial charge on any atom is -0.368 e. The number of rotatable bonds is 6. The predicted octanol–water partition coefficient (Wildman–Crippen LogP) is 0.776. The van der Waals surface area contributed by atoms with Crippen LogP contribution < -0.4 is 11.5 Å². The van der Waals surface area contributed by atoms with Gasteiger partial charge >= 0.3 is 0 Å². The highest BCUT2D eigenvalue weighted by atomic mass is 16.1. The highest BCUT2D eigenvalue weighted by Gasteiger charge is 2.32. The average Bonchev–Trinajstić information content (AvgIpc) is 2.91. The SMILES string of the molecule is CC(CC(C)(N)C(N)=O)N1CCC(CN2CCCC2)CC1. The van der Waals surface area contributed by atoms with Crippen molar-refractivity contribution in [3.05, 3.63) is 0 Å². The van der Waals surface area contributed by atoms with Gasteiger partial charge in [0.1, 0.15) is 0 Å². The highest BCUT2D eigenvalue weighted by Crippen LogP contribution is 2.24. The smallest absolute Gasteiger partial charge is 0.237 e. The van der Waals surface area contributed by atoms with Crippen molar-refractivity contribution >= 4 is 5.91 Å². The molecule has 0 spiro atoms. The van der Waals surface area contributed by atoms with Crippen molar-refractivity contribution < 1.29 is 4.79 Å². The Morgan fingerprint density at radius 2 is 1.81 bits per heavy atom. The van der Waals surface area contributed by atoms with Gasteiger partial charge in [-0.3, -0.25) is 4.79 Å². The van der Waals surface area contributed by atoms with E-state index in [1.54, 1.807) is 6.92 Å². The molecule has 2 aliphatic heterocycles. The maximum absolute atomic E-state index is 11.4. The molecule has 122 valence electrons. The first-order chi connectivity index (χ1) is 9.88. The zero-order chi connectivity index (χ0) is 15.5. The molecule has 5 nitrogen and oxygen atoms in total. The number of amides is 1. The number of primary amides is 1. The minimum atomic E-state index is -0.897. The van der Waals surface area contributed by atoms with Gasteiger partial charge in [0.05, 0.1) is 5.54 Å². The van der Waals surface area contributed by atoms with Crippen molar-refractivity contribution in [2.75, 3.05) is 32.7 Å². The van der Waals surface area contributed by atoms with Gasteiger partial charge in [0, 0.05) is 12.6 Å². The number of hydrogen-bond donors (Lipinski definition) is 2. The van der Waals surface area contributed by atoms with Crippen LogP contribution >= 0.6 is 0 Å². The van der Waals surface area contributed by atoms with Crippen LogP contribution in [0.1, 0.15) is 46.0 Å². The summed E-state index contributed by atoms with van der Waals surface area (Å²) in [7, 11) is 0. The standard InChI is InChI=1S/C16H32N4O/c1-13(11-16(2,18)15(17)21)20-9-5-14(6-10-20)12-19-7-3-4-8-19/h13-14H,3-12,18H2,1-2H3,(H2,17,21). The molecule has 2 atom stereocenters. The average molecular weight is 296 g/mol. The molecule has 2 rings (SSSR count). The van der Waals surface area contributed by atoms with Gasteiger partial charge in [-0.05, 0) is 78.0 Å². The van der Waals surface area contributed by atoms with E-state index in [1.807, 2.05) is 0 Å². The van der Waals surface area contributed by atoms with Crippen molar-refractivity contribution in [1.29, 1.82) is 0 Å². The molecular weight excluding hydrogens is 264 g/mol. The fourth-order valence-electron chi connectivity index (χ4n) is 3.75. The van der Waals surface area contributed by atoms with E-state index in [0.29, 0.717) is 12.5 Å². The van der Waals surface area contributed by atoms with E-state index in [2.05, 4.69) is 16.7 Å². The van der Waals surface area contributed by atoms with E-state index >= 15 is 0 Å². The second-order valence-electron chi connectivity index (χ2n) is 7.32. The summed E-state index contributed by atoms with van der Waals surface area (Å²) in [5.74, 6) is 0.435. The van der Waals surface area contributed by atoms with E-state index < -0.39 is 11.4 Å². The lowest BCUT2D eigenvalue weighted by molar-refractivity contribution is -0.123. The summed E-state index contributed by atoms with van der Waals surface area (Å²) in [6.07, 6.45) is 5.91. The summed E-state index contributed by atoms with van der Waals surface area (Å²) < 4.78 is 0. The summed E-state index contributed by atoms with van der Waals surface area (Å²) in [4.78, 5) is 16.4. The lowest BCUT2D eigenvalue weighted by Crippen LogP contribution is -2.54. The molecule has 2 heterocycles. The molecule has 0 saturated carbocycles. The number of carbonyl (C=O) groups is 1. The van der Waals surface area contributed by atoms with Gasteiger partial charge in [-0.25, -0.2) is 0 Å². The molecule has 0 aromatic heterocycles. The van der Waals surface area contributed by atoms with E-state index in [4.69, 9.17) is 11.5 Å². The molecule has 0 aromatic carbocycles. The third kappa shape index (κ3) is 4.66. The van der Waals surface area contributed by atoms with Gasteiger partial charge in [-0.15, -0.1) is 0 Å². The van der Waals surface area contributed by atoms with Gasteiger partial charge in [-0.1, -0.05) is 0 Å². The third-order valence-electron chi connectivity index (χ3n) is 5.27. The third-order valence-corrected chi connectivity index (χ3v) is 5.27. The Hall–Kier alpha value is -0.650. The summed E-state index contributed by atoms with van der Waals surface area (Å²) in [6, 6.07) is 0.320. The summed E-state index contributed by atoms with van der Waals surface area (Å²) in [5.41, 5.74) is 10.5. The lowest BCUT2D eigenvalue weighted by Gasteiger charge is -2.39. The molecule has 2 saturated heterocycles. The molecule has 4 N–H and O–H groups in total. The first-order valence-electron chi connectivity index (χ1n) is 8.43. The Balaban J connectivity index is 1.73. The Labute approximate surface area is 129 Å². The van der Waals surface area contributed by atoms with Gasteiger partial charge < -0.3 is 21.3 Å². The van der Waals surface area contributed by atoms with Crippen LogP contribution in [0.4, 0.5) is 0 Å². The summed E-state index contributed by atoms with van der Waals surface area (Å²) >= 11 is 0. The molecular formula is C16H32N4O. The quantitative estimate of drug-likeness (QED) is 0.759. The topological polar surface area (TPSA) is 75.6 Å². The molecule has 0 aromatic rings. The van der Waals surface area contributed by atoms with E-state index in [-0.39, 0.29) is 0 Å². The first kappa shape index (κ1) is 16.7. The van der Waals surface area contributed by atoms with Crippen LogP contribution in [-0.2, 0) is 4.79 Å². The van der Waals surface area contributed by atoms with Crippen molar-refractivity contribution in [2.24, 2.45) is 17.4 Å². The normalized spacial score (nSPS) is 26.6. The van der Waals surface area contributed by atoms with Gasteiger partial charge in [-0.2, -0.15) is 0 Å². The number of hydrogen-bond acceptors (Lipinski definition) is 4. The predicted molar refractivity (Wildman–Crippen MR) is 85.8 cm³/mol. The summed E-state index contributed by atoms with van der Waals surface area (Å²) in [5, 5.41) is 0. The van der Waals surface area contributed by atoms with Crippen LogP contribution in [0.5, 0.6) is 0 Å². The van der Waals surface area contributed by atoms with E-state index in [9.17, 15) is 4.79 Å². The highest BCUT2D eigenvalue weighted by molar-refractivity contribution is 5.83. The van der Waals surface area contributed by atoms with Crippen molar-refractivity contribution in [1.82, 2.24) is 9.80 Å². The maximum atomic E-state index is 11.4. The molecule has 0 aliphatic carbocycles. The van der Waals surface area contributed by atoms with E-state index in [0.717, 1.165) is 19.0 Å². The molecule has 0 bridgehead atoms. The number of likely N-dealkylation sites (tertiary alicyclic amines) is 2. The molecule has 1 amide bonds. The molecule has 5 heteroatoms. The first-order valence-corrected chi connectivity index (χ1v) is 8.43. The fourth-order valence-corrected chi connectivity index (χ4v) is 3.75. The lowest BCUT2D eigenvalue weighted by atomic mass is 9.90. The molecule has 21 heavy (non-hydrogen) atoms.